The highest BCUT2D eigenvalue weighted by atomic mass is 28.3. The molecule has 1 rings (SSSR count). The van der Waals surface area contributed by atoms with Gasteiger partial charge in [0.05, 0.1) is 20.2 Å². The van der Waals surface area contributed by atoms with Crippen molar-refractivity contribution < 1.29 is 14.6 Å². The second-order valence-electron chi connectivity index (χ2n) is 7.14. The molecule has 0 aliphatic rings. The first kappa shape index (κ1) is 19.9. The first-order valence-electron chi connectivity index (χ1n) is 8.89. The first-order valence-corrected chi connectivity index (χ1v) is 12.4. The fraction of sp³-hybridized carbons (Fsp3) is 0.632. The van der Waals surface area contributed by atoms with Gasteiger partial charge < -0.3 is 0 Å². The van der Waals surface area contributed by atoms with Gasteiger partial charge in [0.1, 0.15) is 0 Å². The molecule has 1 aromatic carbocycles. The largest absolute Gasteiger partial charge is 0.373 e. The van der Waals surface area contributed by atoms with Gasteiger partial charge in [0.15, 0.2) is 0 Å². The van der Waals surface area contributed by atoms with Crippen molar-refractivity contribution in [3.63, 3.8) is 0 Å². The van der Waals surface area contributed by atoms with Gasteiger partial charge in [0, 0.05) is 0 Å². The van der Waals surface area contributed by atoms with Crippen LogP contribution in [0.3, 0.4) is 0 Å². The fourth-order valence-corrected chi connectivity index (χ4v) is 3.53. The van der Waals surface area contributed by atoms with E-state index in [4.69, 9.17) is 9.78 Å². The van der Waals surface area contributed by atoms with Crippen LogP contribution in [-0.4, -0.2) is 20.7 Å². The monoisotopic (exact) mass is 336 g/mol. The third-order valence-electron chi connectivity index (χ3n) is 3.95. The molecular formula is C19H32O3Si. The minimum atomic E-state index is -1.33. The van der Waals surface area contributed by atoms with Gasteiger partial charge in [-0.05, 0) is 18.6 Å². The Hall–Kier alpha value is -1.13. The van der Waals surface area contributed by atoms with Crippen molar-refractivity contribution in [2.45, 2.75) is 71.5 Å². The van der Waals surface area contributed by atoms with E-state index in [1.165, 1.54) is 37.3 Å². The summed E-state index contributed by atoms with van der Waals surface area (Å²) in [6.45, 7) is 9.55. The Morgan fingerprint density at radius 1 is 0.913 bits per heavy atom. The molecule has 0 radical (unpaired) electrons. The van der Waals surface area contributed by atoms with Crippen molar-refractivity contribution in [1.82, 2.24) is 0 Å². The predicted octanol–water partition coefficient (Wildman–Crippen LogP) is 5.07. The molecule has 0 saturated carbocycles. The summed E-state index contributed by atoms with van der Waals surface area (Å²) in [5.74, 6) is -0.407. The molecule has 0 fully saturated rings. The van der Waals surface area contributed by atoms with E-state index in [-0.39, 0.29) is 0 Å². The van der Waals surface area contributed by atoms with Gasteiger partial charge in [-0.1, -0.05) is 82.4 Å². The summed E-state index contributed by atoms with van der Waals surface area (Å²) in [4.78, 5) is 21.8. The Morgan fingerprint density at radius 3 is 2.04 bits per heavy atom. The maximum atomic E-state index is 11.9. The zero-order chi connectivity index (χ0) is 17.1. The molecular weight excluding hydrogens is 304 g/mol. The van der Waals surface area contributed by atoms with Gasteiger partial charge in [0.25, 0.3) is 0 Å². The fourth-order valence-electron chi connectivity index (χ4n) is 2.37. The summed E-state index contributed by atoms with van der Waals surface area (Å²) < 4.78 is 0. The maximum absolute atomic E-state index is 11.9. The Kier molecular flexibility index (Phi) is 9.18. The number of carbonyl (C=O) groups excluding carboxylic acids is 1. The van der Waals surface area contributed by atoms with E-state index >= 15 is 0 Å². The molecule has 0 N–H and O–H groups in total. The highest BCUT2D eigenvalue weighted by Crippen LogP contribution is 2.08. The van der Waals surface area contributed by atoms with Crippen LogP contribution >= 0.6 is 0 Å². The molecule has 0 aromatic heterocycles. The van der Waals surface area contributed by atoms with E-state index in [0.29, 0.717) is 12.2 Å². The quantitative estimate of drug-likeness (QED) is 0.245. The molecule has 0 spiro atoms. The molecule has 0 amide bonds. The maximum Gasteiger partial charge on any atom is 0.373 e. The highest BCUT2D eigenvalue weighted by Gasteiger charge is 2.17. The van der Waals surface area contributed by atoms with Crippen LogP contribution in [0.15, 0.2) is 24.3 Å². The molecule has 0 bridgehead atoms. The van der Waals surface area contributed by atoms with Crippen LogP contribution in [0.25, 0.3) is 0 Å². The summed E-state index contributed by atoms with van der Waals surface area (Å²) in [5.41, 5.74) is 0.548. The second kappa shape index (κ2) is 10.6. The minimum Gasteiger partial charge on any atom is -0.293 e. The van der Waals surface area contributed by atoms with E-state index in [1.807, 2.05) is 24.3 Å². The van der Waals surface area contributed by atoms with Crippen LogP contribution in [0.1, 0.15) is 62.2 Å². The van der Waals surface area contributed by atoms with Gasteiger partial charge >= 0.3 is 5.97 Å². The average Bonchev–Trinajstić information content (AvgIpc) is 2.52. The molecule has 0 aliphatic heterocycles. The Labute approximate surface area is 142 Å². The highest BCUT2D eigenvalue weighted by molar-refractivity contribution is 6.88. The molecule has 4 heteroatoms. The third kappa shape index (κ3) is 8.33. The SMILES string of the molecule is CCCCCCCCCOOC(=O)c1ccc([Si](C)(C)C)cc1. The summed E-state index contributed by atoms with van der Waals surface area (Å²) in [7, 11) is -1.33. The number of benzene rings is 1. The molecule has 0 saturated heterocycles. The smallest absolute Gasteiger partial charge is 0.293 e. The normalized spacial score (nSPS) is 11.5. The van der Waals surface area contributed by atoms with Crippen LogP contribution in [0.4, 0.5) is 0 Å². The van der Waals surface area contributed by atoms with E-state index in [1.54, 1.807) is 0 Å². The van der Waals surface area contributed by atoms with Gasteiger partial charge in [0.2, 0.25) is 0 Å². The van der Waals surface area contributed by atoms with E-state index < -0.39 is 14.0 Å². The lowest BCUT2D eigenvalue weighted by atomic mass is 10.1. The van der Waals surface area contributed by atoms with Crippen molar-refractivity contribution in [1.29, 1.82) is 0 Å². The standard InChI is InChI=1S/C19H32O3Si/c1-5-6-7-8-9-10-11-16-21-22-19(20)17-12-14-18(15-13-17)23(2,3)4/h12-15H,5-11,16H2,1-4H3. The van der Waals surface area contributed by atoms with Gasteiger partial charge in [-0.2, -0.15) is 4.89 Å². The van der Waals surface area contributed by atoms with Crippen molar-refractivity contribution >= 4 is 19.2 Å². The lowest BCUT2D eigenvalue weighted by Gasteiger charge is -2.16. The minimum absolute atomic E-state index is 0.407. The zero-order valence-corrected chi connectivity index (χ0v) is 16.2. The number of carbonyl (C=O) groups is 1. The summed E-state index contributed by atoms with van der Waals surface area (Å²) >= 11 is 0. The third-order valence-corrected chi connectivity index (χ3v) is 6.02. The molecule has 0 unspecified atom stereocenters. The lowest BCUT2D eigenvalue weighted by molar-refractivity contribution is -0.241. The Balaban J connectivity index is 2.17. The average molecular weight is 337 g/mol. The molecule has 1 aromatic rings. The van der Waals surface area contributed by atoms with Crippen molar-refractivity contribution in [2.24, 2.45) is 0 Å². The van der Waals surface area contributed by atoms with Crippen LogP contribution < -0.4 is 5.19 Å². The molecule has 23 heavy (non-hydrogen) atoms. The van der Waals surface area contributed by atoms with Crippen molar-refractivity contribution in [3.05, 3.63) is 29.8 Å². The number of unbranched alkanes of at least 4 members (excludes halogenated alkanes) is 6. The first-order chi connectivity index (χ1) is 10.9. The van der Waals surface area contributed by atoms with Crippen molar-refractivity contribution in [2.75, 3.05) is 6.61 Å². The molecule has 0 aliphatic carbocycles. The molecule has 3 nitrogen and oxygen atoms in total. The molecule has 0 heterocycles. The lowest BCUT2D eigenvalue weighted by Crippen LogP contribution is -2.37. The number of rotatable bonds is 11. The second-order valence-corrected chi connectivity index (χ2v) is 12.2. The van der Waals surface area contributed by atoms with Gasteiger partial charge in [-0.15, -0.1) is 0 Å². The Morgan fingerprint density at radius 2 is 1.48 bits per heavy atom. The topological polar surface area (TPSA) is 35.5 Å². The van der Waals surface area contributed by atoms with E-state index in [9.17, 15) is 4.79 Å². The van der Waals surface area contributed by atoms with Crippen LogP contribution in [0, 0.1) is 0 Å². The van der Waals surface area contributed by atoms with Crippen molar-refractivity contribution in [3.8, 4) is 0 Å². The van der Waals surface area contributed by atoms with Crippen LogP contribution in [-0.2, 0) is 9.78 Å². The summed E-state index contributed by atoms with van der Waals surface area (Å²) in [6, 6.07) is 7.71. The zero-order valence-electron chi connectivity index (χ0n) is 15.2. The van der Waals surface area contributed by atoms with E-state index in [0.717, 1.165) is 12.8 Å². The van der Waals surface area contributed by atoms with Gasteiger partial charge in [-0.3, -0.25) is 4.89 Å². The van der Waals surface area contributed by atoms with E-state index in [2.05, 4.69) is 26.6 Å². The van der Waals surface area contributed by atoms with Crippen LogP contribution in [0.5, 0.6) is 0 Å². The molecule has 130 valence electrons. The van der Waals surface area contributed by atoms with Crippen LogP contribution in [0.2, 0.25) is 19.6 Å². The predicted molar refractivity (Wildman–Crippen MR) is 98.8 cm³/mol. The summed E-state index contributed by atoms with van der Waals surface area (Å²) in [6.07, 6.45) is 8.51. The Bertz CT molecular complexity index is 449. The summed E-state index contributed by atoms with van der Waals surface area (Å²) in [5, 5.41) is 1.33. The van der Waals surface area contributed by atoms with Gasteiger partial charge in [-0.25, -0.2) is 4.79 Å². The molecule has 0 atom stereocenters. The number of hydrogen-bond acceptors (Lipinski definition) is 3. The number of hydrogen-bond donors (Lipinski definition) is 0.